The van der Waals surface area contributed by atoms with E-state index in [1.807, 2.05) is 0 Å². The summed E-state index contributed by atoms with van der Waals surface area (Å²) in [6.45, 7) is 14.1. The van der Waals surface area contributed by atoms with Gasteiger partial charge in [0.15, 0.2) is 0 Å². The Hall–Kier alpha value is -0.650. The van der Waals surface area contributed by atoms with Crippen molar-refractivity contribution in [3.05, 3.63) is 0 Å². The van der Waals surface area contributed by atoms with Gasteiger partial charge in [0.1, 0.15) is 0 Å². The molecule has 2 heterocycles. The zero-order valence-electron chi connectivity index (χ0n) is 16.1. The molecule has 5 heteroatoms. The van der Waals surface area contributed by atoms with Gasteiger partial charge in [-0.05, 0) is 58.5 Å². The Balaban J connectivity index is 1.96. The van der Waals surface area contributed by atoms with E-state index in [9.17, 15) is 4.79 Å². The average molecular weight is 340 g/mol. The highest BCUT2D eigenvalue weighted by Crippen LogP contribution is 2.32. The van der Waals surface area contributed by atoms with Crippen molar-refractivity contribution in [1.29, 1.82) is 0 Å². The molecule has 0 aromatic rings. The van der Waals surface area contributed by atoms with E-state index in [1.165, 1.54) is 0 Å². The number of likely N-dealkylation sites (tertiary alicyclic amines) is 1. The molecule has 2 aliphatic rings. The van der Waals surface area contributed by atoms with Gasteiger partial charge in [0, 0.05) is 38.4 Å². The van der Waals surface area contributed by atoms with Crippen LogP contribution in [-0.4, -0.2) is 62.3 Å². The lowest BCUT2D eigenvalue weighted by molar-refractivity contribution is -0.134. The molecule has 2 saturated heterocycles. The van der Waals surface area contributed by atoms with Crippen LogP contribution in [0, 0.1) is 11.3 Å². The average Bonchev–Trinajstić information content (AvgIpc) is 2.59. The fourth-order valence-electron chi connectivity index (χ4n) is 3.68. The zero-order chi connectivity index (χ0) is 17.6. The summed E-state index contributed by atoms with van der Waals surface area (Å²) < 4.78 is 5.44. The Kier molecular flexibility index (Phi) is 7.51. The summed E-state index contributed by atoms with van der Waals surface area (Å²) in [6, 6.07) is 1.06. The lowest BCUT2D eigenvalue weighted by Gasteiger charge is -2.43. The molecule has 140 valence electrons. The van der Waals surface area contributed by atoms with Gasteiger partial charge in [0.05, 0.1) is 5.41 Å². The summed E-state index contributed by atoms with van der Waals surface area (Å²) >= 11 is 0. The van der Waals surface area contributed by atoms with Gasteiger partial charge < -0.3 is 20.3 Å². The third kappa shape index (κ3) is 5.43. The molecule has 0 unspecified atom stereocenters. The molecule has 24 heavy (non-hydrogen) atoms. The first kappa shape index (κ1) is 19.7. The van der Waals surface area contributed by atoms with Gasteiger partial charge in [-0.1, -0.05) is 13.8 Å². The maximum atomic E-state index is 13.0. The first-order chi connectivity index (χ1) is 11.4. The molecule has 0 saturated carbocycles. The van der Waals surface area contributed by atoms with E-state index in [-0.39, 0.29) is 11.3 Å². The maximum absolute atomic E-state index is 13.0. The molecule has 0 aromatic heterocycles. The van der Waals surface area contributed by atoms with Crippen LogP contribution in [0.2, 0.25) is 0 Å². The summed E-state index contributed by atoms with van der Waals surface area (Å²) in [5.41, 5.74) is -0.251. The van der Waals surface area contributed by atoms with E-state index in [0.29, 0.717) is 18.0 Å². The highest BCUT2D eigenvalue weighted by atomic mass is 16.5. The SMILES string of the molecule is CC(C)CNC(=O)C1(CNC2CCOCC2)CCN(C(C)C)CC1. The molecule has 0 radical (unpaired) electrons. The molecule has 2 N–H and O–H groups in total. The number of piperidine rings is 1. The number of carbonyl (C=O) groups excluding carboxylic acids is 1. The van der Waals surface area contributed by atoms with Crippen molar-refractivity contribution in [2.24, 2.45) is 11.3 Å². The standard InChI is InChI=1S/C19H37N3O2/c1-15(2)13-20-18(23)19(7-9-22(10-8-19)16(3)4)14-21-17-5-11-24-12-6-17/h15-17,21H,5-14H2,1-4H3,(H,20,23). The predicted octanol–water partition coefficient (Wildman–Crippen LogP) is 2.02. The summed E-state index contributed by atoms with van der Waals surface area (Å²) in [4.78, 5) is 15.5. The highest BCUT2D eigenvalue weighted by molar-refractivity contribution is 5.83. The highest BCUT2D eigenvalue weighted by Gasteiger charge is 2.41. The van der Waals surface area contributed by atoms with Gasteiger partial charge in [-0.2, -0.15) is 0 Å². The fourth-order valence-corrected chi connectivity index (χ4v) is 3.68. The van der Waals surface area contributed by atoms with Gasteiger partial charge in [-0.3, -0.25) is 4.79 Å². The molecule has 0 atom stereocenters. The van der Waals surface area contributed by atoms with Crippen molar-refractivity contribution in [3.8, 4) is 0 Å². The third-order valence-electron chi connectivity index (χ3n) is 5.59. The monoisotopic (exact) mass is 339 g/mol. The summed E-state index contributed by atoms with van der Waals surface area (Å²) in [6.07, 6.45) is 4.01. The summed E-state index contributed by atoms with van der Waals surface area (Å²) in [7, 11) is 0. The third-order valence-corrected chi connectivity index (χ3v) is 5.59. The van der Waals surface area contributed by atoms with Crippen LogP contribution < -0.4 is 10.6 Å². The van der Waals surface area contributed by atoms with Gasteiger partial charge in [0.2, 0.25) is 5.91 Å². The molecule has 0 aromatic carbocycles. The van der Waals surface area contributed by atoms with Gasteiger partial charge in [-0.25, -0.2) is 0 Å². The van der Waals surface area contributed by atoms with Crippen molar-refractivity contribution < 1.29 is 9.53 Å². The zero-order valence-corrected chi connectivity index (χ0v) is 16.1. The Morgan fingerprint density at radius 3 is 2.33 bits per heavy atom. The minimum absolute atomic E-state index is 0.249. The van der Waals surface area contributed by atoms with Gasteiger partial charge >= 0.3 is 0 Å². The van der Waals surface area contributed by atoms with E-state index in [0.717, 1.165) is 65.1 Å². The van der Waals surface area contributed by atoms with E-state index in [2.05, 4.69) is 43.2 Å². The fraction of sp³-hybridized carbons (Fsp3) is 0.947. The molecular formula is C19H37N3O2. The Morgan fingerprint density at radius 2 is 1.79 bits per heavy atom. The number of nitrogens with zero attached hydrogens (tertiary/aromatic N) is 1. The van der Waals surface area contributed by atoms with Crippen molar-refractivity contribution in [2.45, 2.75) is 65.5 Å². The number of hydrogen-bond acceptors (Lipinski definition) is 4. The van der Waals surface area contributed by atoms with Crippen LogP contribution in [0.3, 0.4) is 0 Å². The van der Waals surface area contributed by atoms with Crippen molar-refractivity contribution in [3.63, 3.8) is 0 Å². The first-order valence-electron chi connectivity index (χ1n) is 9.76. The molecule has 5 nitrogen and oxygen atoms in total. The minimum atomic E-state index is -0.251. The molecule has 2 fully saturated rings. The molecule has 2 rings (SSSR count). The van der Waals surface area contributed by atoms with Crippen LogP contribution in [0.15, 0.2) is 0 Å². The van der Waals surface area contributed by atoms with Crippen LogP contribution in [0.1, 0.15) is 53.4 Å². The van der Waals surface area contributed by atoms with E-state index in [1.54, 1.807) is 0 Å². The number of hydrogen-bond donors (Lipinski definition) is 2. The second kappa shape index (κ2) is 9.16. The van der Waals surface area contributed by atoms with Crippen LogP contribution in [0.4, 0.5) is 0 Å². The Labute approximate surface area is 147 Å². The molecule has 2 aliphatic heterocycles. The van der Waals surface area contributed by atoms with Crippen molar-refractivity contribution in [1.82, 2.24) is 15.5 Å². The number of amides is 1. The first-order valence-corrected chi connectivity index (χ1v) is 9.76. The molecule has 0 aliphatic carbocycles. The van der Waals surface area contributed by atoms with Crippen LogP contribution >= 0.6 is 0 Å². The Morgan fingerprint density at radius 1 is 1.17 bits per heavy atom. The lowest BCUT2D eigenvalue weighted by Crippen LogP contribution is -2.56. The van der Waals surface area contributed by atoms with E-state index >= 15 is 0 Å². The van der Waals surface area contributed by atoms with Crippen LogP contribution in [0.25, 0.3) is 0 Å². The largest absolute Gasteiger partial charge is 0.381 e. The number of ether oxygens (including phenoxy) is 1. The number of rotatable bonds is 7. The Bertz CT molecular complexity index is 384. The molecule has 0 bridgehead atoms. The lowest BCUT2D eigenvalue weighted by atomic mass is 9.76. The van der Waals surface area contributed by atoms with E-state index in [4.69, 9.17) is 4.74 Å². The van der Waals surface area contributed by atoms with E-state index < -0.39 is 0 Å². The van der Waals surface area contributed by atoms with Crippen LogP contribution in [-0.2, 0) is 9.53 Å². The quantitative estimate of drug-likeness (QED) is 0.745. The second-order valence-electron chi connectivity index (χ2n) is 8.28. The summed E-state index contributed by atoms with van der Waals surface area (Å²) in [5, 5.41) is 6.89. The normalized spacial score (nSPS) is 22.9. The van der Waals surface area contributed by atoms with Crippen molar-refractivity contribution in [2.75, 3.05) is 39.4 Å². The van der Waals surface area contributed by atoms with Crippen molar-refractivity contribution >= 4 is 5.91 Å². The molecule has 0 spiro atoms. The number of carbonyl (C=O) groups is 1. The van der Waals surface area contributed by atoms with Crippen LogP contribution in [0.5, 0.6) is 0 Å². The smallest absolute Gasteiger partial charge is 0.227 e. The molecular weight excluding hydrogens is 302 g/mol. The topological polar surface area (TPSA) is 53.6 Å². The molecule has 1 amide bonds. The second-order valence-corrected chi connectivity index (χ2v) is 8.28. The predicted molar refractivity (Wildman–Crippen MR) is 98.1 cm³/mol. The summed E-state index contributed by atoms with van der Waals surface area (Å²) in [5.74, 6) is 0.740. The van der Waals surface area contributed by atoms with Gasteiger partial charge in [0.25, 0.3) is 0 Å². The number of nitrogens with one attached hydrogen (secondary N) is 2. The maximum Gasteiger partial charge on any atom is 0.227 e. The van der Waals surface area contributed by atoms with Gasteiger partial charge in [-0.15, -0.1) is 0 Å². The minimum Gasteiger partial charge on any atom is -0.381 e.